The lowest BCUT2D eigenvalue weighted by Gasteiger charge is -2.11. The Balaban J connectivity index is 1.89. The minimum atomic E-state index is -3.62. The van der Waals surface area contributed by atoms with Gasteiger partial charge in [-0.2, -0.15) is 0 Å². The fourth-order valence-electron chi connectivity index (χ4n) is 2.39. The van der Waals surface area contributed by atoms with E-state index < -0.39 is 16.2 Å². The maximum Gasteiger partial charge on any atom is 0.251 e. The van der Waals surface area contributed by atoms with Crippen molar-refractivity contribution in [3.63, 3.8) is 0 Å². The Kier molecular flexibility index (Phi) is 6.67. The minimum Gasteiger partial charge on any atom is -0.383 e. The van der Waals surface area contributed by atoms with Crippen LogP contribution in [-0.4, -0.2) is 59.9 Å². The molecule has 0 aromatic heterocycles. The summed E-state index contributed by atoms with van der Waals surface area (Å²) >= 11 is 0. The van der Waals surface area contributed by atoms with Gasteiger partial charge in [-0.25, -0.2) is 17.5 Å². The number of carbonyl (C=O) groups is 1. The van der Waals surface area contributed by atoms with E-state index in [1.807, 2.05) is 0 Å². The zero-order valence-corrected chi connectivity index (χ0v) is 14.2. The second-order valence-electron chi connectivity index (χ2n) is 5.56. The van der Waals surface area contributed by atoms with Gasteiger partial charge in [0.1, 0.15) is 6.17 Å². The minimum absolute atomic E-state index is 0.0754. The van der Waals surface area contributed by atoms with E-state index in [0.29, 0.717) is 25.1 Å². The molecule has 1 aliphatic rings. The lowest BCUT2D eigenvalue weighted by molar-refractivity contribution is 0.0950. The van der Waals surface area contributed by atoms with Crippen molar-refractivity contribution in [2.24, 2.45) is 0 Å². The molecule has 24 heavy (non-hydrogen) atoms. The molecule has 1 heterocycles. The largest absolute Gasteiger partial charge is 0.383 e. The van der Waals surface area contributed by atoms with Crippen LogP contribution in [0, 0.1) is 0 Å². The van der Waals surface area contributed by atoms with Crippen LogP contribution in [0.2, 0.25) is 0 Å². The van der Waals surface area contributed by atoms with Crippen LogP contribution in [0.25, 0.3) is 0 Å². The molecule has 2 rings (SSSR count). The standard InChI is InChI=1S/C15H22FN3O4S/c1-23-7-6-19-24(21,22)14-4-2-11(3-5-14)15(20)18-10-13-8-12(16)9-17-13/h2-5,12-13,17,19H,6-10H2,1H3,(H,18,20)/t12-,13-/m0/s1. The Morgan fingerprint density at radius 3 is 2.67 bits per heavy atom. The van der Waals surface area contributed by atoms with Crippen molar-refractivity contribution < 1.29 is 22.3 Å². The van der Waals surface area contributed by atoms with Crippen LogP contribution in [0.5, 0.6) is 0 Å². The average Bonchev–Trinajstić information content (AvgIpc) is 2.98. The van der Waals surface area contributed by atoms with Crippen molar-refractivity contribution in [2.45, 2.75) is 23.5 Å². The van der Waals surface area contributed by atoms with Crippen molar-refractivity contribution in [2.75, 3.05) is 33.4 Å². The van der Waals surface area contributed by atoms with Crippen LogP contribution in [-0.2, 0) is 14.8 Å². The topological polar surface area (TPSA) is 96.5 Å². The zero-order valence-electron chi connectivity index (χ0n) is 13.4. The van der Waals surface area contributed by atoms with Crippen molar-refractivity contribution >= 4 is 15.9 Å². The van der Waals surface area contributed by atoms with E-state index in [-0.39, 0.29) is 30.0 Å². The second kappa shape index (κ2) is 8.52. The maximum absolute atomic E-state index is 13.0. The van der Waals surface area contributed by atoms with Gasteiger partial charge in [0.05, 0.1) is 11.5 Å². The molecular formula is C15H22FN3O4S. The number of halogens is 1. The Morgan fingerprint density at radius 1 is 1.38 bits per heavy atom. The van der Waals surface area contributed by atoms with Gasteiger partial charge in [0.25, 0.3) is 5.91 Å². The van der Waals surface area contributed by atoms with E-state index in [2.05, 4.69) is 15.4 Å². The second-order valence-corrected chi connectivity index (χ2v) is 7.33. The molecular weight excluding hydrogens is 337 g/mol. The monoisotopic (exact) mass is 359 g/mol. The summed E-state index contributed by atoms with van der Waals surface area (Å²) in [5.41, 5.74) is 0.348. The van der Waals surface area contributed by atoms with Gasteiger partial charge in [0.2, 0.25) is 10.0 Å². The van der Waals surface area contributed by atoms with Gasteiger partial charge in [0, 0.05) is 38.3 Å². The third kappa shape index (κ3) is 5.23. The van der Waals surface area contributed by atoms with Gasteiger partial charge in [0.15, 0.2) is 0 Å². The molecule has 2 atom stereocenters. The van der Waals surface area contributed by atoms with Gasteiger partial charge < -0.3 is 15.4 Å². The molecule has 3 N–H and O–H groups in total. The molecule has 1 amide bonds. The van der Waals surface area contributed by atoms with Gasteiger partial charge in [-0.1, -0.05) is 0 Å². The number of carbonyl (C=O) groups excluding carboxylic acids is 1. The van der Waals surface area contributed by atoms with Crippen molar-refractivity contribution in [3.05, 3.63) is 29.8 Å². The third-order valence-corrected chi connectivity index (χ3v) is 5.18. The van der Waals surface area contributed by atoms with E-state index in [9.17, 15) is 17.6 Å². The summed E-state index contributed by atoms with van der Waals surface area (Å²) in [5, 5.41) is 5.69. The molecule has 7 nitrogen and oxygen atoms in total. The predicted octanol–water partition coefficient (Wildman–Crippen LogP) is 0.0411. The Labute approximate surface area is 141 Å². The smallest absolute Gasteiger partial charge is 0.251 e. The summed E-state index contributed by atoms with van der Waals surface area (Å²) in [6.07, 6.45) is -0.494. The fraction of sp³-hybridized carbons (Fsp3) is 0.533. The molecule has 1 fully saturated rings. The molecule has 1 aromatic carbocycles. The molecule has 0 bridgehead atoms. The number of amides is 1. The van der Waals surface area contributed by atoms with Crippen LogP contribution < -0.4 is 15.4 Å². The summed E-state index contributed by atoms with van der Waals surface area (Å²) in [6, 6.07) is 5.56. The van der Waals surface area contributed by atoms with Crippen molar-refractivity contribution in [3.8, 4) is 0 Å². The van der Waals surface area contributed by atoms with Crippen LogP contribution in [0.1, 0.15) is 16.8 Å². The molecule has 0 spiro atoms. The number of methoxy groups -OCH3 is 1. The molecule has 9 heteroatoms. The highest BCUT2D eigenvalue weighted by Crippen LogP contribution is 2.11. The van der Waals surface area contributed by atoms with E-state index in [1.54, 1.807) is 0 Å². The number of ether oxygens (including phenoxy) is 1. The lowest BCUT2D eigenvalue weighted by Crippen LogP contribution is -2.37. The first-order valence-electron chi connectivity index (χ1n) is 7.66. The summed E-state index contributed by atoms with van der Waals surface area (Å²) in [6.45, 7) is 1.08. The van der Waals surface area contributed by atoms with E-state index in [0.717, 1.165) is 0 Å². The van der Waals surface area contributed by atoms with Gasteiger partial charge >= 0.3 is 0 Å². The van der Waals surface area contributed by atoms with Crippen molar-refractivity contribution in [1.29, 1.82) is 0 Å². The van der Waals surface area contributed by atoms with E-state index >= 15 is 0 Å². The Hall–Kier alpha value is -1.55. The summed E-state index contributed by atoms with van der Waals surface area (Å²) in [4.78, 5) is 12.1. The zero-order chi connectivity index (χ0) is 17.6. The SMILES string of the molecule is COCCNS(=O)(=O)c1ccc(C(=O)NC[C@@H]2C[C@H](F)CN2)cc1. The van der Waals surface area contributed by atoms with Crippen LogP contribution in [0.4, 0.5) is 4.39 Å². The molecule has 0 aliphatic carbocycles. The Morgan fingerprint density at radius 2 is 2.08 bits per heavy atom. The number of rotatable bonds is 8. The number of hydrogen-bond acceptors (Lipinski definition) is 5. The summed E-state index contributed by atoms with van der Waals surface area (Å²) < 4.78 is 44.2. The summed E-state index contributed by atoms with van der Waals surface area (Å²) in [5.74, 6) is -0.324. The van der Waals surface area contributed by atoms with Crippen LogP contribution >= 0.6 is 0 Å². The highest BCUT2D eigenvalue weighted by Gasteiger charge is 2.23. The van der Waals surface area contributed by atoms with Gasteiger partial charge in [-0.3, -0.25) is 4.79 Å². The maximum atomic E-state index is 13.0. The quantitative estimate of drug-likeness (QED) is 0.570. The number of hydrogen-bond donors (Lipinski definition) is 3. The normalized spacial score (nSPS) is 20.9. The molecule has 1 saturated heterocycles. The number of alkyl halides is 1. The highest BCUT2D eigenvalue weighted by molar-refractivity contribution is 7.89. The molecule has 0 radical (unpaired) electrons. The molecule has 1 aliphatic heterocycles. The van der Waals surface area contributed by atoms with Crippen LogP contribution in [0.15, 0.2) is 29.2 Å². The molecule has 0 saturated carbocycles. The first-order valence-corrected chi connectivity index (χ1v) is 9.15. The molecule has 0 unspecified atom stereocenters. The Bertz CT molecular complexity index is 651. The fourth-order valence-corrected chi connectivity index (χ4v) is 3.40. The lowest BCUT2D eigenvalue weighted by atomic mass is 10.2. The summed E-state index contributed by atoms with van der Waals surface area (Å²) in [7, 11) is -2.14. The first kappa shape index (κ1) is 18.8. The first-order chi connectivity index (χ1) is 11.4. The third-order valence-electron chi connectivity index (χ3n) is 3.70. The van der Waals surface area contributed by atoms with Crippen LogP contribution in [0.3, 0.4) is 0 Å². The van der Waals surface area contributed by atoms with E-state index in [1.165, 1.54) is 31.4 Å². The highest BCUT2D eigenvalue weighted by atomic mass is 32.2. The van der Waals surface area contributed by atoms with Gasteiger partial charge in [-0.05, 0) is 30.7 Å². The van der Waals surface area contributed by atoms with Gasteiger partial charge in [-0.15, -0.1) is 0 Å². The molecule has 134 valence electrons. The number of nitrogens with one attached hydrogen (secondary N) is 3. The predicted molar refractivity (Wildman–Crippen MR) is 87.1 cm³/mol. The van der Waals surface area contributed by atoms with Crippen molar-refractivity contribution in [1.82, 2.24) is 15.4 Å². The average molecular weight is 359 g/mol. The number of sulfonamides is 1. The molecule has 1 aromatic rings. The number of benzene rings is 1. The van der Waals surface area contributed by atoms with E-state index in [4.69, 9.17) is 4.74 Å².